The largest absolute Gasteiger partial charge is 0.344 e. The quantitative estimate of drug-likeness (QED) is 0.799. The standard InChI is InChI=1S/C14H22N2O2/c17-12-7-9-16(8-1-2-10-3-4-10)14(18)13(15-12)11-5-6-11/h10-11,13H,1-9H2,(H,15,17). The summed E-state index contributed by atoms with van der Waals surface area (Å²) < 4.78 is 0. The molecule has 1 unspecified atom stereocenters. The Morgan fingerprint density at radius 3 is 2.61 bits per heavy atom. The van der Waals surface area contributed by atoms with Crippen LogP contribution in [0.1, 0.15) is 44.9 Å². The summed E-state index contributed by atoms with van der Waals surface area (Å²) in [5.74, 6) is 1.54. The lowest BCUT2D eigenvalue weighted by atomic mass is 10.1. The van der Waals surface area contributed by atoms with Crippen LogP contribution in [0.2, 0.25) is 0 Å². The predicted octanol–water partition coefficient (Wildman–Crippen LogP) is 1.30. The molecule has 0 aromatic rings. The molecule has 4 nitrogen and oxygen atoms in total. The number of nitrogens with zero attached hydrogens (tertiary/aromatic N) is 1. The third kappa shape index (κ3) is 2.85. The SMILES string of the molecule is O=C1CCN(CCCC2CC2)C(=O)C(C2CC2)N1. The van der Waals surface area contributed by atoms with E-state index in [2.05, 4.69) is 5.32 Å². The maximum absolute atomic E-state index is 12.4. The molecule has 3 rings (SSSR count). The molecule has 0 spiro atoms. The Morgan fingerprint density at radius 1 is 1.17 bits per heavy atom. The molecule has 1 N–H and O–H groups in total. The molecular weight excluding hydrogens is 228 g/mol. The van der Waals surface area contributed by atoms with Gasteiger partial charge in [-0.1, -0.05) is 12.8 Å². The van der Waals surface area contributed by atoms with Gasteiger partial charge in [-0.15, -0.1) is 0 Å². The molecule has 0 aromatic heterocycles. The lowest BCUT2D eigenvalue weighted by Crippen LogP contribution is -2.46. The van der Waals surface area contributed by atoms with E-state index in [-0.39, 0.29) is 17.9 Å². The minimum absolute atomic E-state index is 0.0462. The zero-order valence-electron chi connectivity index (χ0n) is 10.9. The summed E-state index contributed by atoms with van der Waals surface area (Å²) in [4.78, 5) is 25.9. The van der Waals surface area contributed by atoms with Crippen LogP contribution in [0.25, 0.3) is 0 Å². The lowest BCUT2D eigenvalue weighted by molar-refractivity contribution is -0.134. The Labute approximate surface area is 108 Å². The van der Waals surface area contributed by atoms with Crippen molar-refractivity contribution in [3.05, 3.63) is 0 Å². The summed E-state index contributed by atoms with van der Waals surface area (Å²) in [7, 11) is 0. The number of rotatable bonds is 5. The smallest absolute Gasteiger partial charge is 0.245 e. The average Bonchev–Trinajstić information content (AvgIpc) is 3.19. The van der Waals surface area contributed by atoms with Crippen molar-refractivity contribution in [1.82, 2.24) is 10.2 Å². The summed E-state index contributed by atoms with van der Waals surface area (Å²) in [6, 6.07) is -0.221. The first-order chi connectivity index (χ1) is 8.74. The molecular formula is C14H22N2O2. The highest BCUT2D eigenvalue weighted by Gasteiger charge is 2.40. The lowest BCUT2D eigenvalue weighted by Gasteiger charge is -2.24. The van der Waals surface area contributed by atoms with Gasteiger partial charge in [0.25, 0.3) is 0 Å². The second-order valence-electron chi connectivity index (χ2n) is 6.04. The second kappa shape index (κ2) is 4.90. The molecule has 1 aliphatic heterocycles. The van der Waals surface area contributed by atoms with Gasteiger partial charge in [0.2, 0.25) is 11.8 Å². The van der Waals surface area contributed by atoms with Crippen LogP contribution in [0.3, 0.4) is 0 Å². The van der Waals surface area contributed by atoms with E-state index in [1.807, 2.05) is 4.90 Å². The van der Waals surface area contributed by atoms with E-state index in [0.29, 0.717) is 18.9 Å². The second-order valence-corrected chi connectivity index (χ2v) is 6.04. The Balaban J connectivity index is 1.56. The van der Waals surface area contributed by atoms with Gasteiger partial charge in [0.15, 0.2) is 0 Å². The third-order valence-electron chi connectivity index (χ3n) is 4.33. The Hall–Kier alpha value is -1.06. The van der Waals surface area contributed by atoms with Crippen molar-refractivity contribution in [2.24, 2.45) is 11.8 Å². The predicted molar refractivity (Wildman–Crippen MR) is 67.8 cm³/mol. The minimum Gasteiger partial charge on any atom is -0.344 e. The third-order valence-corrected chi connectivity index (χ3v) is 4.33. The van der Waals surface area contributed by atoms with Crippen molar-refractivity contribution in [2.75, 3.05) is 13.1 Å². The topological polar surface area (TPSA) is 49.4 Å². The van der Waals surface area contributed by atoms with Crippen molar-refractivity contribution in [3.8, 4) is 0 Å². The first-order valence-electron chi connectivity index (χ1n) is 7.32. The molecule has 2 aliphatic carbocycles. The number of amides is 2. The van der Waals surface area contributed by atoms with Gasteiger partial charge in [-0.3, -0.25) is 9.59 Å². The zero-order valence-corrected chi connectivity index (χ0v) is 10.9. The van der Waals surface area contributed by atoms with Gasteiger partial charge in [0.05, 0.1) is 0 Å². The van der Waals surface area contributed by atoms with Gasteiger partial charge in [-0.25, -0.2) is 0 Å². The molecule has 2 amide bonds. The molecule has 0 radical (unpaired) electrons. The summed E-state index contributed by atoms with van der Waals surface area (Å²) in [5, 5.41) is 2.90. The highest BCUT2D eigenvalue weighted by atomic mass is 16.2. The van der Waals surface area contributed by atoms with Crippen molar-refractivity contribution >= 4 is 11.8 Å². The summed E-state index contributed by atoms with van der Waals surface area (Å²) >= 11 is 0. The van der Waals surface area contributed by atoms with Crippen LogP contribution in [0, 0.1) is 11.8 Å². The fraction of sp³-hybridized carbons (Fsp3) is 0.857. The molecule has 1 heterocycles. The Bertz CT molecular complexity index is 348. The van der Waals surface area contributed by atoms with Crippen LogP contribution in [0.5, 0.6) is 0 Å². The first-order valence-corrected chi connectivity index (χ1v) is 7.32. The van der Waals surface area contributed by atoms with Gasteiger partial charge in [-0.05, 0) is 37.5 Å². The van der Waals surface area contributed by atoms with Gasteiger partial charge >= 0.3 is 0 Å². The summed E-state index contributed by atoms with van der Waals surface area (Å²) in [6.45, 7) is 1.45. The average molecular weight is 250 g/mol. The molecule has 3 aliphatic rings. The van der Waals surface area contributed by atoms with Crippen LogP contribution in [-0.2, 0) is 9.59 Å². The maximum atomic E-state index is 12.4. The number of hydrogen-bond donors (Lipinski definition) is 1. The molecule has 0 aromatic carbocycles. The van der Waals surface area contributed by atoms with Gasteiger partial charge in [-0.2, -0.15) is 0 Å². The fourth-order valence-corrected chi connectivity index (χ4v) is 2.80. The van der Waals surface area contributed by atoms with Gasteiger partial charge < -0.3 is 10.2 Å². The van der Waals surface area contributed by atoms with Crippen LogP contribution < -0.4 is 5.32 Å². The van der Waals surface area contributed by atoms with Crippen molar-refractivity contribution in [1.29, 1.82) is 0 Å². The highest BCUT2D eigenvalue weighted by molar-refractivity contribution is 5.90. The monoisotopic (exact) mass is 250 g/mol. The van der Waals surface area contributed by atoms with Crippen molar-refractivity contribution in [2.45, 2.75) is 51.0 Å². The molecule has 1 saturated heterocycles. The number of carbonyl (C=O) groups is 2. The maximum Gasteiger partial charge on any atom is 0.245 e. The Kier molecular flexibility index (Phi) is 3.27. The normalized spacial score (nSPS) is 29.1. The molecule has 2 saturated carbocycles. The minimum atomic E-state index is -0.221. The van der Waals surface area contributed by atoms with E-state index >= 15 is 0 Å². The van der Waals surface area contributed by atoms with Crippen LogP contribution in [-0.4, -0.2) is 35.8 Å². The van der Waals surface area contributed by atoms with E-state index in [1.165, 1.54) is 19.3 Å². The Morgan fingerprint density at radius 2 is 1.94 bits per heavy atom. The summed E-state index contributed by atoms with van der Waals surface area (Å²) in [5.41, 5.74) is 0. The van der Waals surface area contributed by atoms with Crippen molar-refractivity contribution < 1.29 is 9.59 Å². The van der Waals surface area contributed by atoms with E-state index < -0.39 is 0 Å². The van der Waals surface area contributed by atoms with Crippen molar-refractivity contribution in [3.63, 3.8) is 0 Å². The summed E-state index contributed by atoms with van der Waals surface area (Å²) in [6.07, 6.45) is 7.75. The number of nitrogens with one attached hydrogen (secondary N) is 1. The zero-order chi connectivity index (χ0) is 12.5. The molecule has 100 valence electrons. The molecule has 3 fully saturated rings. The molecule has 4 heteroatoms. The highest BCUT2D eigenvalue weighted by Crippen LogP contribution is 2.35. The van der Waals surface area contributed by atoms with Crippen LogP contribution in [0.15, 0.2) is 0 Å². The first kappa shape index (κ1) is 12.0. The van der Waals surface area contributed by atoms with Crippen LogP contribution in [0.4, 0.5) is 0 Å². The number of hydrogen-bond acceptors (Lipinski definition) is 2. The fourth-order valence-electron chi connectivity index (χ4n) is 2.80. The van der Waals surface area contributed by atoms with E-state index in [0.717, 1.165) is 31.7 Å². The van der Waals surface area contributed by atoms with E-state index in [1.54, 1.807) is 0 Å². The van der Waals surface area contributed by atoms with Gasteiger partial charge in [0, 0.05) is 19.5 Å². The molecule has 0 bridgehead atoms. The van der Waals surface area contributed by atoms with E-state index in [9.17, 15) is 9.59 Å². The van der Waals surface area contributed by atoms with Crippen LogP contribution >= 0.6 is 0 Å². The molecule has 18 heavy (non-hydrogen) atoms. The van der Waals surface area contributed by atoms with E-state index in [4.69, 9.17) is 0 Å². The number of carbonyl (C=O) groups excluding carboxylic acids is 2. The molecule has 1 atom stereocenters. The van der Waals surface area contributed by atoms with Gasteiger partial charge in [0.1, 0.15) is 6.04 Å².